The van der Waals surface area contributed by atoms with E-state index in [1.54, 1.807) is 0 Å². The number of hydrogen-bond acceptors (Lipinski definition) is 3. The van der Waals surface area contributed by atoms with E-state index < -0.39 is 0 Å². The third-order valence-corrected chi connectivity index (χ3v) is 1.68. The van der Waals surface area contributed by atoms with Gasteiger partial charge in [0.05, 0.1) is 0 Å². The van der Waals surface area contributed by atoms with Gasteiger partial charge in [-0.1, -0.05) is 0 Å². The second-order valence-electron chi connectivity index (χ2n) is 2.33. The average Bonchev–Trinajstić information content (AvgIpc) is 2.33. The van der Waals surface area contributed by atoms with Crippen LogP contribution in [0.2, 0.25) is 0 Å². The molecule has 2 rings (SSSR count). The summed E-state index contributed by atoms with van der Waals surface area (Å²) < 4.78 is 10.4. The highest BCUT2D eigenvalue weighted by molar-refractivity contribution is 5.49. The number of rotatable bonds is 0. The zero-order chi connectivity index (χ0) is 6.10. The first-order chi connectivity index (χ1) is 4.47. The van der Waals surface area contributed by atoms with Crippen molar-refractivity contribution in [3.05, 3.63) is 0 Å². The molecule has 2 heterocycles. The molecule has 0 aromatic carbocycles. The van der Waals surface area contributed by atoms with Gasteiger partial charge in [-0.05, 0) is 12.8 Å². The lowest BCUT2D eigenvalue weighted by atomic mass is 10.1. The van der Waals surface area contributed by atoms with Gasteiger partial charge in [-0.25, -0.2) is 4.99 Å². The van der Waals surface area contributed by atoms with Crippen LogP contribution in [0.25, 0.3) is 0 Å². The Kier molecular flexibility index (Phi) is 1.16. The largest absolute Gasteiger partial charge is 0.475 e. The molecule has 1 saturated heterocycles. The van der Waals surface area contributed by atoms with Crippen LogP contribution < -0.4 is 0 Å². The first-order valence-electron chi connectivity index (χ1n) is 3.25. The molecule has 0 radical (unpaired) electrons. The number of fused-ring (bicyclic) bond motifs is 1. The Morgan fingerprint density at radius 1 is 1.56 bits per heavy atom. The molecule has 9 heavy (non-hydrogen) atoms. The van der Waals surface area contributed by atoms with Crippen LogP contribution in [-0.2, 0) is 9.47 Å². The molecule has 3 heteroatoms. The molecule has 50 valence electrons. The fourth-order valence-electron chi connectivity index (χ4n) is 1.19. The van der Waals surface area contributed by atoms with Crippen LogP contribution in [-0.4, -0.2) is 25.3 Å². The average molecular weight is 127 g/mol. The van der Waals surface area contributed by atoms with Gasteiger partial charge in [-0.15, -0.1) is 0 Å². The van der Waals surface area contributed by atoms with E-state index in [1.165, 1.54) is 6.40 Å². The third-order valence-electron chi connectivity index (χ3n) is 1.68. The zero-order valence-corrected chi connectivity index (χ0v) is 5.12. The maximum absolute atomic E-state index is 5.28. The molecular formula is C6H9NO2. The first kappa shape index (κ1) is 5.23. The summed E-state index contributed by atoms with van der Waals surface area (Å²) in [4.78, 5) is 3.99. The Morgan fingerprint density at radius 3 is 3.44 bits per heavy atom. The van der Waals surface area contributed by atoms with E-state index >= 15 is 0 Å². The highest BCUT2D eigenvalue weighted by Crippen LogP contribution is 2.20. The van der Waals surface area contributed by atoms with E-state index in [0.29, 0.717) is 0 Å². The molecule has 0 aromatic rings. The van der Waals surface area contributed by atoms with Crippen molar-refractivity contribution in [1.82, 2.24) is 0 Å². The highest BCUT2D eigenvalue weighted by atomic mass is 16.6. The van der Waals surface area contributed by atoms with Crippen LogP contribution in [0.1, 0.15) is 12.8 Å². The number of aliphatic imine (C=N–C) groups is 1. The van der Waals surface area contributed by atoms with Gasteiger partial charge in [0, 0.05) is 6.61 Å². The van der Waals surface area contributed by atoms with Gasteiger partial charge in [0.15, 0.2) is 12.6 Å². The lowest BCUT2D eigenvalue weighted by molar-refractivity contribution is -0.0414. The zero-order valence-electron chi connectivity index (χ0n) is 5.12. The van der Waals surface area contributed by atoms with Gasteiger partial charge in [0.2, 0.25) is 0 Å². The lowest BCUT2D eigenvalue weighted by Crippen LogP contribution is -2.29. The Balaban J connectivity index is 2.03. The van der Waals surface area contributed by atoms with E-state index in [0.717, 1.165) is 19.4 Å². The predicted molar refractivity (Wildman–Crippen MR) is 32.3 cm³/mol. The molecule has 0 N–H and O–H groups in total. The molecule has 0 spiro atoms. The molecule has 0 saturated carbocycles. The van der Waals surface area contributed by atoms with Crippen LogP contribution in [0.3, 0.4) is 0 Å². The van der Waals surface area contributed by atoms with Gasteiger partial charge in [0.1, 0.15) is 6.10 Å². The summed E-state index contributed by atoms with van der Waals surface area (Å²) in [7, 11) is 0. The summed E-state index contributed by atoms with van der Waals surface area (Å²) in [6.45, 7) is 0.835. The van der Waals surface area contributed by atoms with Gasteiger partial charge in [0.25, 0.3) is 0 Å². The smallest absolute Gasteiger partial charge is 0.188 e. The molecule has 2 atom stereocenters. The molecule has 3 nitrogen and oxygen atoms in total. The van der Waals surface area contributed by atoms with Crippen molar-refractivity contribution in [2.24, 2.45) is 4.99 Å². The molecule has 0 bridgehead atoms. The Labute approximate surface area is 53.7 Å². The molecule has 2 aliphatic heterocycles. The minimum Gasteiger partial charge on any atom is -0.475 e. The predicted octanol–water partition coefficient (Wildman–Crippen LogP) is 0.550. The second kappa shape index (κ2) is 1.99. The summed E-state index contributed by atoms with van der Waals surface area (Å²) in [6.07, 6.45) is 3.92. The molecule has 0 aromatic heterocycles. The molecule has 2 aliphatic rings. The second-order valence-corrected chi connectivity index (χ2v) is 2.33. The maximum Gasteiger partial charge on any atom is 0.188 e. The van der Waals surface area contributed by atoms with Crippen molar-refractivity contribution >= 4 is 6.40 Å². The van der Waals surface area contributed by atoms with Crippen molar-refractivity contribution in [2.45, 2.75) is 25.2 Å². The van der Waals surface area contributed by atoms with Gasteiger partial charge >= 0.3 is 0 Å². The summed E-state index contributed by atoms with van der Waals surface area (Å²) >= 11 is 0. The summed E-state index contributed by atoms with van der Waals surface area (Å²) in [5.74, 6) is 0. The van der Waals surface area contributed by atoms with Crippen molar-refractivity contribution < 1.29 is 9.47 Å². The summed E-state index contributed by atoms with van der Waals surface area (Å²) in [5.41, 5.74) is 0. The number of nitrogens with zero attached hydrogens (tertiary/aromatic N) is 1. The minimum absolute atomic E-state index is 0.0127. The van der Waals surface area contributed by atoms with E-state index in [-0.39, 0.29) is 12.3 Å². The van der Waals surface area contributed by atoms with Crippen LogP contribution in [0.15, 0.2) is 4.99 Å². The van der Waals surface area contributed by atoms with Crippen LogP contribution in [0, 0.1) is 0 Å². The van der Waals surface area contributed by atoms with E-state index in [1.807, 2.05) is 0 Å². The van der Waals surface area contributed by atoms with Crippen molar-refractivity contribution in [2.75, 3.05) is 6.61 Å². The molecule has 0 amide bonds. The van der Waals surface area contributed by atoms with Crippen LogP contribution >= 0.6 is 0 Å². The first-order valence-corrected chi connectivity index (χ1v) is 3.25. The van der Waals surface area contributed by atoms with Gasteiger partial charge < -0.3 is 9.47 Å². The van der Waals surface area contributed by atoms with Gasteiger partial charge in [-0.2, -0.15) is 0 Å². The fraction of sp³-hybridized carbons (Fsp3) is 0.833. The quantitative estimate of drug-likeness (QED) is 0.475. The fourth-order valence-corrected chi connectivity index (χ4v) is 1.19. The van der Waals surface area contributed by atoms with E-state index in [9.17, 15) is 0 Å². The third kappa shape index (κ3) is 0.812. The molecule has 2 unspecified atom stereocenters. The van der Waals surface area contributed by atoms with Crippen LogP contribution in [0.5, 0.6) is 0 Å². The van der Waals surface area contributed by atoms with E-state index in [2.05, 4.69) is 4.99 Å². The lowest BCUT2D eigenvalue weighted by Gasteiger charge is -2.22. The topological polar surface area (TPSA) is 30.8 Å². The molecule has 1 fully saturated rings. The van der Waals surface area contributed by atoms with E-state index in [4.69, 9.17) is 9.47 Å². The molecular weight excluding hydrogens is 118 g/mol. The van der Waals surface area contributed by atoms with Gasteiger partial charge in [-0.3, -0.25) is 0 Å². The molecule has 0 aliphatic carbocycles. The standard InChI is InChI=1S/C6H9NO2/c1-2-5-6(8-3-1)7-4-9-5/h4-6H,1-3H2. The minimum atomic E-state index is 0.0127. The van der Waals surface area contributed by atoms with Crippen molar-refractivity contribution in [3.8, 4) is 0 Å². The Morgan fingerprint density at radius 2 is 2.56 bits per heavy atom. The summed E-state index contributed by atoms with van der Waals surface area (Å²) in [6, 6.07) is 0. The SMILES string of the molecule is C1=NC2OCCCC2O1. The van der Waals surface area contributed by atoms with Crippen molar-refractivity contribution in [3.63, 3.8) is 0 Å². The monoisotopic (exact) mass is 127 g/mol. The Hall–Kier alpha value is -0.570. The Bertz CT molecular complexity index is 135. The number of hydrogen-bond donors (Lipinski definition) is 0. The number of ether oxygens (including phenoxy) is 2. The van der Waals surface area contributed by atoms with Crippen molar-refractivity contribution in [1.29, 1.82) is 0 Å². The maximum atomic E-state index is 5.28. The van der Waals surface area contributed by atoms with Crippen LogP contribution in [0.4, 0.5) is 0 Å². The highest BCUT2D eigenvalue weighted by Gasteiger charge is 2.29. The summed E-state index contributed by atoms with van der Waals surface area (Å²) in [5, 5.41) is 0. The normalized spacial score (nSPS) is 40.0.